The van der Waals surface area contributed by atoms with Crippen LogP contribution in [0.15, 0.2) is 22.7 Å². The van der Waals surface area contributed by atoms with Crippen molar-refractivity contribution in [1.82, 2.24) is 0 Å². The van der Waals surface area contributed by atoms with E-state index in [0.29, 0.717) is 0 Å². The van der Waals surface area contributed by atoms with E-state index in [0.717, 1.165) is 12.1 Å². The van der Waals surface area contributed by atoms with Gasteiger partial charge >= 0.3 is 12.1 Å². The Morgan fingerprint density at radius 1 is 1.38 bits per heavy atom. The van der Waals surface area contributed by atoms with E-state index in [1.165, 1.54) is 6.07 Å². The minimum Gasteiger partial charge on any atom is -0.448 e. The van der Waals surface area contributed by atoms with Gasteiger partial charge in [-0.25, -0.2) is 9.18 Å². The Balaban J connectivity index is 3.03. The summed E-state index contributed by atoms with van der Waals surface area (Å²) >= 11 is 2.89. The minimum absolute atomic E-state index is 0.203. The Kier molecular flexibility index (Phi) is 5.34. The topological polar surface area (TPSA) is 80.7 Å². The predicted molar refractivity (Wildman–Crippen MR) is 65.8 cm³/mol. The minimum atomic E-state index is -5.24. The molecule has 1 unspecified atom stereocenters. The van der Waals surface area contributed by atoms with Crippen LogP contribution in [0, 0.1) is 5.82 Å². The highest BCUT2D eigenvalue weighted by Gasteiger charge is 2.45. The second-order valence-corrected chi connectivity index (χ2v) is 6.22. The number of ether oxygens (including phenoxy) is 1. The smallest absolute Gasteiger partial charge is 0.426 e. The van der Waals surface area contributed by atoms with Crippen LogP contribution in [0.4, 0.5) is 17.6 Å². The number of hydrogen-bond acceptors (Lipinski definition) is 4. The van der Waals surface area contributed by atoms with Gasteiger partial charge < -0.3 is 4.74 Å². The summed E-state index contributed by atoms with van der Waals surface area (Å²) in [7, 11) is -5.05. The van der Waals surface area contributed by atoms with Crippen LogP contribution in [0.3, 0.4) is 0 Å². The van der Waals surface area contributed by atoms with Gasteiger partial charge in [0.2, 0.25) is 6.10 Å². The van der Waals surface area contributed by atoms with Crippen molar-refractivity contribution in [3.05, 3.63) is 34.1 Å². The van der Waals surface area contributed by atoms with Gasteiger partial charge in [0, 0.05) is 4.47 Å². The average Bonchev–Trinajstić information content (AvgIpc) is 2.28. The van der Waals surface area contributed by atoms with E-state index < -0.39 is 45.5 Å². The van der Waals surface area contributed by atoms with Gasteiger partial charge in [0.1, 0.15) is 11.6 Å². The van der Waals surface area contributed by atoms with Crippen LogP contribution < -0.4 is 0 Å². The van der Waals surface area contributed by atoms with Gasteiger partial charge in [-0.2, -0.15) is 21.6 Å². The van der Waals surface area contributed by atoms with E-state index in [9.17, 15) is 30.8 Å². The maximum atomic E-state index is 13.3. The zero-order valence-corrected chi connectivity index (χ0v) is 12.3. The van der Waals surface area contributed by atoms with Crippen molar-refractivity contribution >= 4 is 32.0 Å². The Bertz CT molecular complexity index is 643. The SMILES string of the molecule is O=C(OC(CS(=O)(=O)O)C(F)(F)F)c1cc(Br)ccc1F. The van der Waals surface area contributed by atoms with Crippen LogP contribution in [0.2, 0.25) is 0 Å². The van der Waals surface area contributed by atoms with E-state index in [1.54, 1.807) is 0 Å². The molecule has 21 heavy (non-hydrogen) atoms. The molecule has 11 heteroatoms. The number of halogens is 5. The van der Waals surface area contributed by atoms with Gasteiger partial charge in [-0.15, -0.1) is 0 Å². The summed E-state index contributed by atoms with van der Waals surface area (Å²) in [6, 6.07) is 2.89. The lowest BCUT2D eigenvalue weighted by molar-refractivity contribution is -0.197. The first-order valence-electron chi connectivity index (χ1n) is 5.08. The molecule has 1 aromatic rings. The number of hydrogen-bond donors (Lipinski definition) is 1. The van der Waals surface area contributed by atoms with Gasteiger partial charge in [-0.05, 0) is 18.2 Å². The second kappa shape index (κ2) is 6.28. The molecule has 0 aromatic heterocycles. The highest BCUT2D eigenvalue weighted by molar-refractivity contribution is 9.10. The van der Waals surface area contributed by atoms with E-state index in [2.05, 4.69) is 20.7 Å². The normalized spacial score (nSPS) is 13.8. The van der Waals surface area contributed by atoms with Gasteiger partial charge in [0.15, 0.2) is 0 Å². The zero-order chi connectivity index (χ0) is 16.4. The number of alkyl halides is 3. The lowest BCUT2D eigenvalue weighted by Crippen LogP contribution is -2.39. The molecule has 0 heterocycles. The molecular weight excluding hydrogens is 388 g/mol. The molecule has 0 aliphatic rings. The molecule has 118 valence electrons. The van der Waals surface area contributed by atoms with Crippen LogP contribution in [0.25, 0.3) is 0 Å². The maximum absolute atomic E-state index is 13.3. The van der Waals surface area contributed by atoms with Crippen molar-refractivity contribution in [2.45, 2.75) is 12.3 Å². The van der Waals surface area contributed by atoms with Crippen molar-refractivity contribution in [1.29, 1.82) is 0 Å². The van der Waals surface area contributed by atoms with Gasteiger partial charge in [-0.3, -0.25) is 4.55 Å². The van der Waals surface area contributed by atoms with Crippen LogP contribution in [0.5, 0.6) is 0 Å². The number of benzene rings is 1. The van der Waals surface area contributed by atoms with Crippen LogP contribution >= 0.6 is 15.9 Å². The molecule has 0 saturated carbocycles. The third-order valence-electron chi connectivity index (χ3n) is 2.12. The second-order valence-electron chi connectivity index (χ2n) is 3.81. The Hall–Kier alpha value is -1.20. The maximum Gasteiger partial charge on any atom is 0.426 e. The lowest BCUT2D eigenvalue weighted by atomic mass is 10.2. The lowest BCUT2D eigenvalue weighted by Gasteiger charge is -2.19. The Morgan fingerprint density at radius 2 is 1.95 bits per heavy atom. The van der Waals surface area contributed by atoms with Gasteiger partial charge in [0.25, 0.3) is 10.1 Å². The van der Waals surface area contributed by atoms with Crippen LogP contribution in [-0.2, 0) is 14.9 Å². The monoisotopic (exact) mass is 394 g/mol. The van der Waals surface area contributed by atoms with E-state index in [-0.39, 0.29) is 4.47 Å². The summed E-state index contributed by atoms with van der Waals surface area (Å²) < 4.78 is 84.6. The highest BCUT2D eigenvalue weighted by Crippen LogP contribution is 2.26. The van der Waals surface area contributed by atoms with Crippen molar-refractivity contribution in [2.24, 2.45) is 0 Å². The zero-order valence-electron chi connectivity index (χ0n) is 9.89. The molecule has 1 rings (SSSR count). The quantitative estimate of drug-likeness (QED) is 0.482. The third-order valence-corrected chi connectivity index (χ3v) is 3.34. The van der Waals surface area contributed by atoms with E-state index in [1.807, 2.05) is 0 Å². The first-order valence-corrected chi connectivity index (χ1v) is 7.48. The number of esters is 1. The molecule has 0 spiro atoms. The summed E-state index contributed by atoms with van der Waals surface area (Å²) in [6.07, 6.45) is -8.35. The fraction of sp³-hybridized carbons (Fsp3) is 0.300. The number of rotatable bonds is 4. The van der Waals surface area contributed by atoms with Crippen LogP contribution in [-0.4, -0.2) is 37.0 Å². The number of carbonyl (C=O) groups excluding carboxylic acids is 1. The largest absolute Gasteiger partial charge is 0.448 e. The molecular formula is C10H7BrF4O5S. The molecule has 5 nitrogen and oxygen atoms in total. The van der Waals surface area contributed by atoms with Crippen LogP contribution in [0.1, 0.15) is 10.4 Å². The summed E-state index contributed by atoms with van der Waals surface area (Å²) in [5.74, 6) is -4.73. The predicted octanol–water partition coefficient (Wildman–Crippen LogP) is 2.56. The van der Waals surface area contributed by atoms with Crippen molar-refractivity contribution < 1.29 is 40.1 Å². The Labute approximate surface area is 124 Å². The molecule has 0 aliphatic carbocycles. The first-order chi connectivity index (χ1) is 9.40. The van der Waals surface area contributed by atoms with Crippen molar-refractivity contribution in [3.63, 3.8) is 0 Å². The first kappa shape index (κ1) is 17.9. The molecule has 0 bridgehead atoms. The molecule has 0 aliphatic heterocycles. The molecule has 1 aromatic carbocycles. The van der Waals surface area contributed by atoms with Gasteiger partial charge in [0.05, 0.1) is 5.56 Å². The summed E-state index contributed by atoms with van der Waals surface area (Å²) in [5, 5.41) is 0. The standard InChI is InChI=1S/C10H7BrF4O5S/c11-5-1-2-7(12)6(3-5)9(16)20-8(10(13,14)15)4-21(17,18)19/h1-3,8H,4H2,(H,17,18,19). The highest BCUT2D eigenvalue weighted by atomic mass is 79.9. The fourth-order valence-electron chi connectivity index (χ4n) is 1.23. The molecule has 1 atom stereocenters. The number of carbonyl (C=O) groups is 1. The summed E-state index contributed by atoms with van der Waals surface area (Å²) in [6.45, 7) is 0. The Morgan fingerprint density at radius 3 is 2.43 bits per heavy atom. The van der Waals surface area contributed by atoms with Crippen molar-refractivity contribution in [3.8, 4) is 0 Å². The third kappa shape index (κ3) is 5.59. The molecule has 0 amide bonds. The molecule has 1 N–H and O–H groups in total. The summed E-state index contributed by atoms with van der Waals surface area (Å²) in [5.41, 5.74) is -0.811. The van der Waals surface area contributed by atoms with Crippen molar-refractivity contribution in [2.75, 3.05) is 5.75 Å². The molecule has 0 saturated heterocycles. The van der Waals surface area contributed by atoms with E-state index >= 15 is 0 Å². The fourth-order valence-corrected chi connectivity index (χ4v) is 2.23. The van der Waals surface area contributed by atoms with E-state index in [4.69, 9.17) is 4.55 Å². The molecule has 0 fully saturated rings. The molecule has 0 radical (unpaired) electrons. The van der Waals surface area contributed by atoms with Gasteiger partial charge in [-0.1, -0.05) is 15.9 Å². The average molecular weight is 395 g/mol. The summed E-state index contributed by atoms with van der Waals surface area (Å²) in [4.78, 5) is 11.5.